The van der Waals surface area contributed by atoms with Gasteiger partial charge in [-0.2, -0.15) is 18.3 Å². The van der Waals surface area contributed by atoms with Gasteiger partial charge in [0.1, 0.15) is 11.5 Å². The lowest BCUT2D eigenvalue weighted by Crippen LogP contribution is -2.13. The fourth-order valence-corrected chi connectivity index (χ4v) is 3.16. The number of carbonyl (C=O) groups is 1. The molecular formula is C12H9Cl2F3N4OS. The first-order valence-electron chi connectivity index (χ1n) is 5.86. The van der Waals surface area contributed by atoms with Crippen molar-refractivity contribution < 1.29 is 18.0 Å². The number of primary amides is 1. The summed E-state index contributed by atoms with van der Waals surface area (Å²) >= 11 is 12.9. The van der Waals surface area contributed by atoms with E-state index in [-0.39, 0.29) is 32.1 Å². The first-order chi connectivity index (χ1) is 10.6. The van der Waals surface area contributed by atoms with Gasteiger partial charge >= 0.3 is 6.18 Å². The van der Waals surface area contributed by atoms with Gasteiger partial charge in [0.2, 0.25) is 0 Å². The highest BCUT2D eigenvalue weighted by Crippen LogP contribution is 2.39. The molecule has 2 aromatic rings. The molecule has 0 aliphatic rings. The first-order valence-corrected chi connectivity index (χ1v) is 7.84. The molecule has 0 aliphatic carbocycles. The van der Waals surface area contributed by atoms with Crippen LogP contribution in [-0.4, -0.2) is 21.9 Å². The van der Waals surface area contributed by atoms with Gasteiger partial charge in [0, 0.05) is 0 Å². The summed E-state index contributed by atoms with van der Waals surface area (Å²) < 4.78 is 39.3. The molecule has 23 heavy (non-hydrogen) atoms. The van der Waals surface area contributed by atoms with Gasteiger partial charge in [0.05, 0.1) is 20.5 Å². The zero-order chi connectivity index (χ0) is 17.5. The Labute approximate surface area is 142 Å². The Kier molecular flexibility index (Phi) is 4.74. The Morgan fingerprint density at radius 3 is 2.17 bits per heavy atom. The summed E-state index contributed by atoms with van der Waals surface area (Å²) in [5, 5.41) is 3.28. The number of hydrogen-bond donors (Lipinski definition) is 2. The van der Waals surface area contributed by atoms with E-state index in [0.717, 1.165) is 16.4 Å². The van der Waals surface area contributed by atoms with Crippen molar-refractivity contribution in [1.29, 1.82) is 0 Å². The third kappa shape index (κ3) is 3.22. The molecular weight excluding hydrogens is 376 g/mol. The van der Waals surface area contributed by atoms with Crippen LogP contribution in [0.2, 0.25) is 10.0 Å². The average Bonchev–Trinajstić information content (AvgIpc) is 2.74. The minimum atomic E-state index is -4.61. The molecule has 0 saturated carbocycles. The number of halogens is 5. The highest BCUT2D eigenvalue weighted by Gasteiger charge is 2.33. The van der Waals surface area contributed by atoms with Crippen LogP contribution in [-0.2, 0) is 6.18 Å². The van der Waals surface area contributed by atoms with E-state index in [1.807, 2.05) is 0 Å². The predicted molar refractivity (Wildman–Crippen MR) is 83.3 cm³/mol. The number of nitrogens with two attached hydrogens (primary N) is 2. The van der Waals surface area contributed by atoms with Crippen LogP contribution in [0, 0.1) is 0 Å². The second kappa shape index (κ2) is 6.14. The van der Waals surface area contributed by atoms with Crippen LogP contribution in [0.15, 0.2) is 17.0 Å². The lowest BCUT2D eigenvalue weighted by molar-refractivity contribution is -0.137. The molecule has 1 heterocycles. The second-order valence-electron chi connectivity index (χ2n) is 4.33. The SMILES string of the molecule is CSc1c(C(N)=O)nn(-c2c(Cl)cc(C(F)(F)F)cc2Cl)c1N. The van der Waals surface area contributed by atoms with Crippen LogP contribution in [0.25, 0.3) is 5.69 Å². The molecule has 0 fully saturated rings. The number of thioether (sulfide) groups is 1. The van der Waals surface area contributed by atoms with Crippen LogP contribution in [0.1, 0.15) is 16.1 Å². The van der Waals surface area contributed by atoms with Gasteiger partial charge in [0.25, 0.3) is 5.91 Å². The molecule has 0 spiro atoms. The molecule has 5 nitrogen and oxygen atoms in total. The van der Waals surface area contributed by atoms with Crippen molar-refractivity contribution in [1.82, 2.24) is 9.78 Å². The summed E-state index contributed by atoms with van der Waals surface area (Å²) in [5.74, 6) is -0.839. The Bertz CT molecular complexity index is 768. The molecule has 11 heteroatoms. The molecule has 2 rings (SSSR count). The van der Waals surface area contributed by atoms with E-state index in [0.29, 0.717) is 12.1 Å². The maximum atomic E-state index is 12.8. The number of alkyl halides is 3. The quantitative estimate of drug-likeness (QED) is 0.791. The van der Waals surface area contributed by atoms with Crippen molar-refractivity contribution in [3.8, 4) is 5.69 Å². The van der Waals surface area contributed by atoms with Crippen LogP contribution in [0.3, 0.4) is 0 Å². The molecule has 124 valence electrons. The maximum absolute atomic E-state index is 12.8. The molecule has 1 aromatic heterocycles. The van der Waals surface area contributed by atoms with Crippen molar-refractivity contribution in [2.24, 2.45) is 5.73 Å². The Morgan fingerprint density at radius 1 is 1.30 bits per heavy atom. The molecule has 0 bridgehead atoms. The van der Waals surface area contributed by atoms with E-state index in [4.69, 9.17) is 34.7 Å². The molecule has 0 saturated heterocycles. The summed E-state index contributed by atoms with van der Waals surface area (Å²) in [7, 11) is 0. The normalized spacial score (nSPS) is 11.7. The van der Waals surface area contributed by atoms with Crippen LogP contribution in [0.4, 0.5) is 19.0 Å². The first kappa shape index (κ1) is 17.8. The van der Waals surface area contributed by atoms with Crippen LogP contribution in [0.5, 0.6) is 0 Å². The number of nitrogens with zero attached hydrogens (tertiary/aromatic N) is 2. The molecule has 0 aliphatic heterocycles. The second-order valence-corrected chi connectivity index (χ2v) is 5.96. The van der Waals surface area contributed by atoms with Crippen molar-refractivity contribution >= 4 is 46.7 Å². The maximum Gasteiger partial charge on any atom is 0.416 e. The van der Waals surface area contributed by atoms with E-state index in [9.17, 15) is 18.0 Å². The minimum absolute atomic E-state index is 0.00476. The zero-order valence-corrected chi connectivity index (χ0v) is 13.7. The largest absolute Gasteiger partial charge is 0.416 e. The summed E-state index contributed by atoms with van der Waals surface area (Å²) in [6.07, 6.45) is -2.97. The van der Waals surface area contributed by atoms with Gasteiger partial charge in [-0.3, -0.25) is 4.79 Å². The number of hydrogen-bond acceptors (Lipinski definition) is 4. The van der Waals surface area contributed by atoms with E-state index in [1.54, 1.807) is 6.26 Å². The highest BCUT2D eigenvalue weighted by atomic mass is 35.5. The number of anilines is 1. The number of nitrogen functional groups attached to an aromatic ring is 1. The Balaban J connectivity index is 2.71. The average molecular weight is 385 g/mol. The molecule has 1 amide bonds. The number of benzene rings is 1. The Hall–Kier alpha value is -1.58. The molecule has 0 unspecified atom stereocenters. The minimum Gasteiger partial charge on any atom is -0.383 e. The van der Waals surface area contributed by atoms with E-state index in [1.165, 1.54) is 0 Å². The molecule has 0 atom stereocenters. The van der Waals surface area contributed by atoms with Gasteiger partial charge in [-0.25, -0.2) is 4.68 Å². The standard InChI is InChI=1S/C12H9Cl2F3N4OS/c1-23-9-7(11(19)22)20-21(10(9)18)8-5(13)2-4(3-6(8)14)12(15,16)17/h2-3H,18H2,1H3,(H2,19,22). The molecule has 1 aromatic carbocycles. The number of amides is 1. The monoisotopic (exact) mass is 384 g/mol. The van der Waals surface area contributed by atoms with E-state index in [2.05, 4.69) is 5.10 Å². The van der Waals surface area contributed by atoms with Gasteiger partial charge in [0.15, 0.2) is 5.69 Å². The van der Waals surface area contributed by atoms with Crippen molar-refractivity contribution in [3.05, 3.63) is 33.4 Å². The molecule has 4 N–H and O–H groups in total. The fourth-order valence-electron chi connectivity index (χ4n) is 1.88. The predicted octanol–water partition coefficient (Wildman–Crippen LogP) is 3.60. The number of rotatable bonds is 3. The van der Waals surface area contributed by atoms with Crippen LogP contribution < -0.4 is 11.5 Å². The van der Waals surface area contributed by atoms with Gasteiger partial charge in [-0.1, -0.05) is 23.2 Å². The highest BCUT2D eigenvalue weighted by molar-refractivity contribution is 7.98. The van der Waals surface area contributed by atoms with Gasteiger partial charge in [-0.15, -0.1) is 11.8 Å². The molecule has 0 radical (unpaired) electrons. The zero-order valence-electron chi connectivity index (χ0n) is 11.4. The topological polar surface area (TPSA) is 86.9 Å². The van der Waals surface area contributed by atoms with E-state index >= 15 is 0 Å². The van der Waals surface area contributed by atoms with Gasteiger partial charge < -0.3 is 11.5 Å². The van der Waals surface area contributed by atoms with Crippen molar-refractivity contribution in [2.45, 2.75) is 11.1 Å². The summed E-state index contributed by atoms with van der Waals surface area (Å²) in [4.78, 5) is 11.7. The summed E-state index contributed by atoms with van der Waals surface area (Å²) in [6, 6.07) is 1.40. The third-order valence-corrected chi connectivity index (χ3v) is 4.26. The van der Waals surface area contributed by atoms with Crippen LogP contribution >= 0.6 is 35.0 Å². The third-order valence-electron chi connectivity index (χ3n) is 2.87. The van der Waals surface area contributed by atoms with E-state index < -0.39 is 17.6 Å². The van der Waals surface area contributed by atoms with Gasteiger partial charge in [-0.05, 0) is 18.4 Å². The summed E-state index contributed by atoms with van der Waals surface area (Å²) in [6.45, 7) is 0. The lowest BCUT2D eigenvalue weighted by Gasteiger charge is -2.13. The number of aromatic nitrogens is 2. The Morgan fingerprint density at radius 2 is 1.83 bits per heavy atom. The smallest absolute Gasteiger partial charge is 0.383 e. The summed E-state index contributed by atoms with van der Waals surface area (Å²) in [5.41, 5.74) is 9.88. The fraction of sp³-hybridized carbons (Fsp3) is 0.167. The van der Waals surface area contributed by atoms with Crippen molar-refractivity contribution in [3.63, 3.8) is 0 Å². The lowest BCUT2D eigenvalue weighted by atomic mass is 10.2. The number of carbonyl (C=O) groups excluding carboxylic acids is 1. The van der Waals surface area contributed by atoms with Crippen molar-refractivity contribution in [2.75, 3.05) is 12.0 Å².